The summed E-state index contributed by atoms with van der Waals surface area (Å²) in [5.41, 5.74) is 0.281. The maximum atomic E-state index is 12.3. The fraction of sp³-hybridized carbons (Fsp3) is 1.00. The average Bonchev–Trinajstić information content (AvgIpc) is 2.88. The molecule has 0 bridgehead atoms. The molecule has 2 aliphatic heterocycles. The predicted octanol–water partition coefficient (Wildman–Crippen LogP) is 1.19. The number of thioether (sulfide) groups is 1. The Hall–Kier alpha value is 0.220. The van der Waals surface area contributed by atoms with Crippen LogP contribution in [0.25, 0.3) is 0 Å². The molecule has 2 unspecified atom stereocenters. The summed E-state index contributed by atoms with van der Waals surface area (Å²) in [4.78, 5) is 2.24. The van der Waals surface area contributed by atoms with Crippen LogP contribution < -0.4 is 5.32 Å². The van der Waals surface area contributed by atoms with Gasteiger partial charge >= 0.3 is 0 Å². The van der Waals surface area contributed by atoms with Gasteiger partial charge in [0.15, 0.2) is 9.84 Å². The Morgan fingerprint density at radius 2 is 2.21 bits per heavy atom. The first-order valence-electron chi connectivity index (χ1n) is 7.27. The van der Waals surface area contributed by atoms with Crippen molar-refractivity contribution in [3.8, 4) is 0 Å². The Labute approximate surface area is 121 Å². The molecule has 0 aromatic carbocycles. The topological polar surface area (TPSA) is 49.4 Å². The SMILES string of the molecule is CCC1(CN2CCSCC2S(=O)(=O)CC)CCNC1. The van der Waals surface area contributed by atoms with E-state index in [0.29, 0.717) is 0 Å². The molecule has 0 aliphatic carbocycles. The number of nitrogens with zero attached hydrogens (tertiary/aromatic N) is 1. The highest BCUT2D eigenvalue weighted by Gasteiger charge is 2.39. The summed E-state index contributed by atoms with van der Waals surface area (Å²) in [7, 11) is -2.96. The van der Waals surface area contributed by atoms with Crippen molar-refractivity contribution in [1.82, 2.24) is 10.2 Å². The quantitative estimate of drug-likeness (QED) is 0.827. The van der Waals surface area contributed by atoms with Crippen LogP contribution in [0.5, 0.6) is 0 Å². The molecule has 19 heavy (non-hydrogen) atoms. The smallest absolute Gasteiger partial charge is 0.166 e. The number of rotatable bonds is 5. The molecule has 0 radical (unpaired) electrons. The van der Waals surface area contributed by atoms with E-state index in [1.165, 1.54) is 6.42 Å². The molecule has 0 aromatic rings. The molecule has 1 N–H and O–H groups in total. The fourth-order valence-corrected chi connectivity index (χ4v) is 6.17. The second-order valence-corrected chi connectivity index (χ2v) is 9.33. The van der Waals surface area contributed by atoms with Gasteiger partial charge in [-0.15, -0.1) is 0 Å². The van der Waals surface area contributed by atoms with E-state index in [9.17, 15) is 8.42 Å². The van der Waals surface area contributed by atoms with Gasteiger partial charge in [0.2, 0.25) is 0 Å². The van der Waals surface area contributed by atoms with Crippen LogP contribution in [0.1, 0.15) is 26.7 Å². The lowest BCUT2D eigenvalue weighted by Gasteiger charge is -2.40. The molecule has 2 saturated heterocycles. The monoisotopic (exact) mass is 306 g/mol. The van der Waals surface area contributed by atoms with E-state index in [-0.39, 0.29) is 16.5 Å². The van der Waals surface area contributed by atoms with E-state index in [1.54, 1.807) is 18.7 Å². The summed E-state index contributed by atoms with van der Waals surface area (Å²) in [6.07, 6.45) is 2.30. The lowest BCUT2D eigenvalue weighted by Crippen LogP contribution is -2.52. The standard InChI is InChI=1S/C13H26N2O2S2/c1-3-13(5-6-14-10-13)11-15-7-8-18-9-12(15)19(16,17)4-2/h12,14H,3-11H2,1-2H3. The van der Waals surface area contributed by atoms with Gasteiger partial charge in [-0.05, 0) is 24.8 Å². The number of hydrogen-bond donors (Lipinski definition) is 1. The van der Waals surface area contributed by atoms with E-state index >= 15 is 0 Å². The number of nitrogens with one attached hydrogen (secondary N) is 1. The van der Waals surface area contributed by atoms with Crippen LogP contribution in [0, 0.1) is 5.41 Å². The van der Waals surface area contributed by atoms with Crippen LogP contribution in [0.4, 0.5) is 0 Å². The van der Waals surface area contributed by atoms with Crippen LogP contribution in [0.3, 0.4) is 0 Å². The van der Waals surface area contributed by atoms with Gasteiger partial charge in [0.05, 0.1) is 0 Å². The molecule has 2 rings (SSSR count). The summed E-state index contributed by atoms with van der Waals surface area (Å²) in [5.74, 6) is 2.05. The molecule has 2 heterocycles. The highest BCUT2D eigenvalue weighted by molar-refractivity contribution is 8.01. The minimum Gasteiger partial charge on any atom is -0.316 e. The summed E-state index contributed by atoms with van der Waals surface area (Å²) in [5, 5.41) is 3.18. The molecule has 2 aliphatic rings. The van der Waals surface area contributed by atoms with Gasteiger partial charge in [-0.2, -0.15) is 11.8 Å². The summed E-state index contributed by atoms with van der Waals surface area (Å²) >= 11 is 1.78. The van der Waals surface area contributed by atoms with E-state index in [2.05, 4.69) is 17.1 Å². The first kappa shape index (κ1) is 15.6. The Bertz CT molecular complexity index is 391. The van der Waals surface area contributed by atoms with Gasteiger partial charge in [0.25, 0.3) is 0 Å². The maximum absolute atomic E-state index is 12.3. The van der Waals surface area contributed by atoms with E-state index in [0.717, 1.165) is 44.1 Å². The maximum Gasteiger partial charge on any atom is 0.166 e. The van der Waals surface area contributed by atoms with Gasteiger partial charge in [-0.1, -0.05) is 13.8 Å². The van der Waals surface area contributed by atoms with Crippen LogP contribution in [-0.2, 0) is 9.84 Å². The molecule has 112 valence electrons. The molecular weight excluding hydrogens is 280 g/mol. The first-order chi connectivity index (χ1) is 9.03. The highest BCUT2D eigenvalue weighted by Crippen LogP contribution is 2.33. The minimum atomic E-state index is -2.96. The van der Waals surface area contributed by atoms with Gasteiger partial charge in [-0.25, -0.2) is 8.42 Å². The Kier molecular flexibility index (Phi) is 5.20. The van der Waals surface area contributed by atoms with Crippen molar-refractivity contribution < 1.29 is 8.42 Å². The van der Waals surface area contributed by atoms with Crippen molar-refractivity contribution >= 4 is 21.6 Å². The lowest BCUT2D eigenvalue weighted by molar-refractivity contribution is 0.155. The largest absolute Gasteiger partial charge is 0.316 e. The van der Waals surface area contributed by atoms with Crippen molar-refractivity contribution in [1.29, 1.82) is 0 Å². The third-order valence-electron chi connectivity index (χ3n) is 4.63. The van der Waals surface area contributed by atoms with E-state index < -0.39 is 9.84 Å². The molecule has 0 saturated carbocycles. The predicted molar refractivity (Wildman–Crippen MR) is 82.4 cm³/mol. The van der Waals surface area contributed by atoms with E-state index in [4.69, 9.17) is 0 Å². The summed E-state index contributed by atoms with van der Waals surface area (Å²) in [6.45, 7) is 7.94. The van der Waals surface area contributed by atoms with Gasteiger partial charge in [0.1, 0.15) is 5.37 Å². The average molecular weight is 306 g/mol. The van der Waals surface area contributed by atoms with Gasteiger partial charge in [-0.3, -0.25) is 4.90 Å². The number of hydrogen-bond acceptors (Lipinski definition) is 5. The zero-order valence-corrected chi connectivity index (χ0v) is 13.7. The summed E-state index contributed by atoms with van der Waals surface area (Å²) in [6, 6.07) is 0. The second-order valence-electron chi connectivity index (χ2n) is 5.73. The highest BCUT2D eigenvalue weighted by atomic mass is 32.2. The van der Waals surface area contributed by atoms with E-state index in [1.807, 2.05) is 0 Å². The molecule has 6 heteroatoms. The van der Waals surface area contributed by atoms with Crippen molar-refractivity contribution in [2.45, 2.75) is 32.1 Å². The molecule has 0 aromatic heterocycles. The third-order valence-corrected chi connectivity index (χ3v) is 7.96. The molecule has 0 spiro atoms. The molecule has 0 amide bonds. The van der Waals surface area contributed by atoms with Crippen LogP contribution in [0.15, 0.2) is 0 Å². The Morgan fingerprint density at radius 1 is 1.42 bits per heavy atom. The first-order valence-corrected chi connectivity index (χ1v) is 10.1. The van der Waals surface area contributed by atoms with Crippen LogP contribution in [-0.4, -0.2) is 62.1 Å². The van der Waals surface area contributed by atoms with Crippen molar-refractivity contribution in [2.75, 3.05) is 43.4 Å². The molecular formula is C13H26N2O2S2. The number of sulfone groups is 1. The molecule has 4 nitrogen and oxygen atoms in total. The van der Waals surface area contributed by atoms with Gasteiger partial charge in [0, 0.05) is 36.9 Å². The van der Waals surface area contributed by atoms with Crippen LogP contribution in [0.2, 0.25) is 0 Å². The summed E-state index contributed by atoms with van der Waals surface area (Å²) < 4.78 is 24.5. The Balaban J connectivity index is 2.12. The lowest BCUT2D eigenvalue weighted by atomic mass is 9.83. The van der Waals surface area contributed by atoms with Gasteiger partial charge < -0.3 is 5.32 Å². The Morgan fingerprint density at radius 3 is 2.79 bits per heavy atom. The minimum absolute atomic E-state index is 0.256. The molecule has 2 atom stereocenters. The fourth-order valence-electron chi connectivity index (χ4n) is 3.09. The zero-order valence-electron chi connectivity index (χ0n) is 12.0. The zero-order chi connectivity index (χ0) is 13.9. The molecule has 2 fully saturated rings. The van der Waals surface area contributed by atoms with Crippen LogP contribution >= 0.6 is 11.8 Å². The van der Waals surface area contributed by atoms with Crippen molar-refractivity contribution in [3.63, 3.8) is 0 Å². The second kappa shape index (κ2) is 6.33. The normalized spacial score (nSPS) is 33.7. The van der Waals surface area contributed by atoms with Crippen molar-refractivity contribution in [3.05, 3.63) is 0 Å². The van der Waals surface area contributed by atoms with Crippen molar-refractivity contribution in [2.24, 2.45) is 5.41 Å². The third kappa shape index (κ3) is 3.46.